The topological polar surface area (TPSA) is 55.6 Å². The highest BCUT2D eigenvalue weighted by Gasteiger charge is 2.26. The van der Waals surface area contributed by atoms with E-state index in [1.807, 2.05) is 32.0 Å². The lowest BCUT2D eigenvalue weighted by atomic mass is 10.1. The van der Waals surface area contributed by atoms with E-state index in [-0.39, 0.29) is 17.9 Å². The Labute approximate surface area is 129 Å². The van der Waals surface area contributed by atoms with Gasteiger partial charge < -0.3 is 14.2 Å². The highest BCUT2D eigenvalue weighted by molar-refractivity contribution is 5.92. The molecule has 0 fully saturated rings. The predicted octanol–water partition coefficient (Wildman–Crippen LogP) is 2.87. The lowest BCUT2D eigenvalue weighted by molar-refractivity contribution is 0.0720. The molecule has 22 heavy (non-hydrogen) atoms. The van der Waals surface area contributed by atoms with E-state index in [4.69, 9.17) is 9.26 Å². The third-order valence-electron chi connectivity index (χ3n) is 3.85. The van der Waals surface area contributed by atoms with Crippen LogP contribution in [0.3, 0.4) is 0 Å². The van der Waals surface area contributed by atoms with Crippen molar-refractivity contribution in [3.8, 4) is 5.75 Å². The summed E-state index contributed by atoms with van der Waals surface area (Å²) < 4.78 is 11.1. The molecule has 2 heterocycles. The van der Waals surface area contributed by atoms with Crippen LogP contribution in [-0.2, 0) is 6.42 Å². The van der Waals surface area contributed by atoms with Crippen molar-refractivity contribution in [2.45, 2.75) is 32.3 Å². The first-order valence-electron chi connectivity index (χ1n) is 7.51. The Hall–Kier alpha value is -2.30. The van der Waals surface area contributed by atoms with Crippen LogP contribution in [0.25, 0.3) is 0 Å². The lowest BCUT2D eigenvalue weighted by Crippen LogP contribution is -2.36. The molecule has 1 amide bonds. The number of carbonyl (C=O) groups excluding carboxylic acids is 1. The van der Waals surface area contributed by atoms with Crippen molar-refractivity contribution in [3.63, 3.8) is 0 Å². The van der Waals surface area contributed by atoms with Crippen LogP contribution in [0.15, 0.2) is 34.9 Å². The summed E-state index contributed by atoms with van der Waals surface area (Å²) in [6.45, 7) is 4.53. The zero-order valence-electron chi connectivity index (χ0n) is 13.1. The molecule has 1 aliphatic heterocycles. The van der Waals surface area contributed by atoms with Crippen molar-refractivity contribution in [1.29, 1.82) is 0 Å². The number of carbonyl (C=O) groups is 1. The minimum absolute atomic E-state index is 0.0113. The molecule has 1 aromatic carbocycles. The Bertz CT molecular complexity index is 653. The second-order valence-electron chi connectivity index (χ2n) is 6.01. The van der Waals surface area contributed by atoms with Crippen LogP contribution in [0.2, 0.25) is 0 Å². The molecule has 0 unspecified atom stereocenters. The summed E-state index contributed by atoms with van der Waals surface area (Å²) in [6.07, 6.45) is 0.812. The fraction of sp³-hybridized carbons (Fsp3) is 0.412. The highest BCUT2D eigenvalue weighted by Crippen LogP contribution is 2.28. The van der Waals surface area contributed by atoms with Crippen LogP contribution < -0.4 is 4.74 Å². The average Bonchev–Trinajstić information content (AvgIpc) is 3.12. The van der Waals surface area contributed by atoms with E-state index in [9.17, 15) is 4.79 Å². The van der Waals surface area contributed by atoms with Gasteiger partial charge in [0.05, 0.1) is 6.54 Å². The first-order valence-corrected chi connectivity index (χ1v) is 7.51. The summed E-state index contributed by atoms with van der Waals surface area (Å²) in [5.74, 6) is 1.71. The van der Waals surface area contributed by atoms with E-state index < -0.39 is 0 Å². The van der Waals surface area contributed by atoms with Gasteiger partial charge in [0.1, 0.15) is 17.6 Å². The van der Waals surface area contributed by atoms with Gasteiger partial charge in [0, 0.05) is 25.5 Å². The Kier molecular flexibility index (Phi) is 3.88. The molecular weight excluding hydrogens is 280 g/mol. The number of nitrogens with zero attached hydrogens (tertiary/aromatic N) is 2. The van der Waals surface area contributed by atoms with Crippen molar-refractivity contribution >= 4 is 5.91 Å². The fourth-order valence-electron chi connectivity index (χ4n) is 2.60. The summed E-state index contributed by atoms with van der Waals surface area (Å²) in [7, 11) is 1.76. The Balaban J connectivity index is 1.62. The van der Waals surface area contributed by atoms with E-state index in [0.29, 0.717) is 12.2 Å². The molecule has 0 N–H and O–H groups in total. The molecule has 2 aromatic rings. The molecule has 0 spiro atoms. The number of hydrogen-bond donors (Lipinski definition) is 0. The molecule has 3 rings (SSSR count). The minimum atomic E-state index is -0.143. The number of ether oxygens (including phenoxy) is 1. The zero-order chi connectivity index (χ0) is 15.7. The fourth-order valence-corrected chi connectivity index (χ4v) is 2.60. The molecule has 1 aliphatic rings. The van der Waals surface area contributed by atoms with Crippen molar-refractivity contribution in [2.75, 3.05) is 13.6 Å². The molecular formula is C17H20N2O3. The molecule has 0 saturated carbocycles. The van der Waals surface area contributed by atoms with Crippen LogP contribution in [-0.4, -0.2) is 35.7 Å². The number of hydrogen-bond acceptors (Lipinski definition) is 4. The summed E-state index contributed by atoms with van der Waals surface area (Å²) in [5, 5.41) is 3.87. The van der Waals surface area contributed by atoms with Crippen LogP contribution in [0, 0.1) is 0 Å². The molecule has 116 valence electrons. The van der Waals surface area contributed by atoms with E-state index in [2.05, 4.69) is 11.2 Å². The molecule has 0 saturated heterocycles. The maximum absolute atomic E-state index is 12.4. The number of rotatable bonds is 4. The van der Waals surface area contributed by atoms with Gasteiger partial charge in [0.15, 0.2) is 5.69 Å². The first-order chi connectivity index (χ1) is 10.5. The number of fused-ring (bicyclic) bond motifs is 1. The lowest BCUT2D eigenvalue weighted by Gasteiger charge is -2.20. The minimum Gasteiger partial charge on any atom is -0.488 e. The summed E-state index contributed by atoms with van der Waals surface area (Å²) in [5.41, 5.74) is 1.54. The zero-order valence-corrected chi connectivity index (χ0v) is 13.1. The number of likely N-dealkylation sites (N-methyl/N-ethyl adjacent to an activating group) is 1. The number of para-hydroxylation sites is 1. The molecule has 0 aliphatic carbocycles. The van der Waals surface area contributed by atoms with Gasteiger partial charge in [-0.2, -0.15) is 0 Å². The number of benzene rings is 1. The maximum Gasteiger partial charge on any atom is 0.275 e. The van der Waals surface area contributed by atoms with Crippen LogP contribution >= 0.6 is 0 Å². The Morgan fingerprint density at radius 1 is 1.41 bits per heavy atom. The van der Waals surface area contributed by atoms with Gasteiger partial charge in [0.2, 0.25) is 0 Å². The molecule has 1 atom stereocenters. The van der Waals surface area contributed by atoms with Gasteiger partial charge in [-0.25, -0.2) is 0 Å². The van der Waals surface area contributed by atoms with Gasteiger partial charge in [0.25, 0.3) is 5.91 Å². The van der Waals surface area contributed by atoms with Crippen molar-refractivity contribution < 1.29 is 14.1 Å². The largest absolute Gasteiger partial charge is 0.488 e. The quantitative estimate of drug-likeness (QED) is 0.871. The summed E-state index contributed by atoms with van der Waals surface area (Å²) in [4.78, 5) is 14.0. The third kappa shape index (κ3) is 2.84. The molecule has 5 heteroatoms. The van der Waals surface area contributed by atoms with Gasteiger partial charge in [-0.1, -0.05) is 37.2 Å². The molecule has 5 nitrogen and oxygen atoms in total. The monoisotopic (exact) mass is 300 g/mol. The predicted molar refractivity (Wildman–Crippen MR) is 82.1 cm³/mol. The van der Waals surface area contributed by atoms with E-state index in [0.717, 1.165) is 17.9 Å². The van der Waals surface area contributed by atoms with Gasteiger partial charge in [-0.3, -0.25) is 4.79 Å². The van der Waals surface area contributed by atoms with Crippen LogP contribution in [0.4, 0.5) is 0 Å². The maximum atomic E-state index is 12.4. The molecule has 0 bridgehead atoms. The molecule has 0 radical (unpaired) electrons. The van der Waals surface area contributed by atoms with E-state index in [1.54, 1.807) is 18.0 Å². The smallest absolute Gasteiger partial charge is 0.275 e. The average molecular weight is 300 g/mol. The van der Waals surface area contributed by atoms with Gasteiger partial charge in [-0.15, -0.1) is 0 Å². The van der Waals surface area contributed by atoms with E-state index >= 15 is 0 Å². The third-order valence-corrected chi connectivity index (χ3v) is 3.85. The molecule has 1 aromatic heterocycles. The van der Waals surface area contributed by atoms with Crippen molar-refractivity contribution in [3.05, 3.63) is 47.3 Å². The standard InChI is InChI=1S/C17H20N2O3/c1-11(2)16-9-14(18-22-16)17(20)19(3)10-13-8-12-6-4-5-7-15(12)21-13/h4-7,9,11,13H,8,10H2,1-3H3/t13-/m0/s1. The second kappa shape index (κ2) is 5.83. The van der Waals surface area contributed by atoms with Gasteiger partial charge >= 0.3 is 0 Å². The Morgan fingerprint density at radius 2 is 2.18 bits per heavy atom. The Morgan fingerprint density at radius 3 is 2.86 bits per heavy atom. The van der Waals surface area contributed by atoms with Crippen LogP contribution in [0.1, 0.15) is 41.6 Å². The number of amides is 1. The summed E-state index contributed by atoms with van der Waals surface area (Å²) in [6, 6.07) is 9.70. The number of aromatic nitrogens is 1. The van der Waals surface area contributed by atoms with Crippen molar-refractivity contribution in [2.24, 2.45) is 0 Å². The van der Waals surface area contributed by atoms with Crippen molar-refractivity contribution in [1.82, 2.24) is 10.1 Å². The highest BCUT2D eigenvalue weighted by atomic mass is 16.5. The van der Waals surface area contributed by atoms with E-state index in [1.165, 1.54) is 5.56 Å². The van der Waals surface area contributed by atoms with Gasteiger partial charge in [-0.05, 0) is 11.6 Å². The normalized spacial score (nSPS) is 16.5. The van der Waals surface area contributed by atoms with Crippen LogP contribution in [0.5, 0.6) is 5.75 Å². The summed E-state index contributed by atoms with van der Waals surface area (Å²) >= 11 is 0. The SMILES string of the molecule is CC(C)c1cc(C(=O)N(C)C[C@@H]2Cc3ccccc3O2)no1. The second-order valence-corrected chi connectivity index (χ2v) is 6.01. The first kappa shape index (κ1) is 14.6.